The molecule has 1 saturated heterocycles. The Labute approximate surface area is 142 Å². The number of carbonyl (C=O) groups is 1. The first-order valence-corrected chi connectivity index (χ1v) is 8.05. The van der Waals surface area contributed by atoms with Crippen molar-refractivity contribution < 1.29 is 13.9 Å². The number of hydrogen-bond acceptors (Lipinski definition) is 3. The highest BCUT2D eigenvalue weighted by Crippen LogP contribution is 2.37. The molecule has 2 aliphatic rings. The number of benzene rings is 1. The summed E-state index contributed by atoms with van der Waals surface area (Å²) in [5.41, 5.74) is 6.12. The largest absolute Gasteiger partial charge is 0.478 e. The van der Waals surface area contributed by atoms with Crippen LogP contribution < -0.4 is 10.5 Å². The fraction of sp³-hybridized carbons (Fsp3) is 0.588. The normalized spacial score (nSPS) is 27.3. The molecule has 1 aromatic carbocycles. The van der Waals surface area contributed by atoms with Gasteiger partial charge in [-0.05, 0) is 43.2 Å². The van der Waals surface area contributed by atoms with E-state index in [1.807, 2.05) is 11.8 Å². The van der Waals surface area contributed by atoms with Gasteiger partial charge in [0, 0.05) is 19.1 Å². The van der Waals surface area contributed by atoms with Gasteiger partial charge in [0.05, 0.1) is 0 Å². The minimum atomic E-state index is -0.632. The average molecular weight is 343 g/mol. The number of hydrogen-bond donors (Lipinski definition) is 1. The van der Waals surface area contributed by atoms with E-state index in [2.05, 4.69) is 0 Å². The number of ether oxygens (including phenoxy) is 1. The second-order valence-corrected chi connectivity index (χ2v) is 6.35. The minimum absolute atomic E-state index is 0. The molecule has 3 rings (SSSR count). The summed E-state index contributed by atoms with van der Waals surface area (Å²) in [6, 6.07) is 6.41. The molecular weight excluding hydrogens is 319 g/mol. The fourth-order valence-corrected chi connectivity index (χ4v) is 3.69. The molecule has 6 heteroatoms. The highest BCUT2D eigenvalue weighted by Gasteiger charge is 2.43. The molecule has 0 bridgehead atoms. The average Bonchev–Trinajstić information content (AvgIpc) is 3.08. The molecule has 128 valence electrons. The van der Waals surface area contributed by atoms with E-state index in [0.29, 0.717) is 24.8 Å². The second kappa shape index (κ2) is 7.49. The summed E-state index contributed by atoms with van der Waals surface area (Å²) >= 11 is 0. The summed E-state index contributed by atoms with van der Waals surface area (Å²) in [5.74, 6) is 0.583. The van der Waals surface area contributed by atoms with Crippen LogP contribution in [0, 0.1) is 17.7 Å². The van der Waals surface area contributed by atoms with Crippen LogP contribution in [-0.2, 0) is 4.79 Å². The summed E-state index contributed by atoms with van der Waals surface area (Å²) in [6.45, 7) is 3.35. The maximum absolute atomic E-state index is 13.7. The Morgan fingerprint density at radius 3 is 2.78 bits per heavy atom. The first kappa shape index (κ1) is 18.0. The lowest BCUT2D eigenvalue weighted by Crippen LogP contribution is -2.42. The molecule has 1 heterocycles. The van der Waals surface area contributed by atoms with Crippen LogP contribution in [0.25, 0.3) is 0 Å². The monoisotopic (exact) mass is 342 g/mol. The molecule has 0 spiro atoms. The number of likely N-dealkylation sites (tertiary alicyclic amines) is 1. The third kappa shape index (κ3) is 3.61. The third-order valence-electron chi connectivity index (χ3n) is 4.98. The van der Waals surface area contributed by atoms with Crippen LogP contribution in [0.5, 0.6) is 5.75 Å². The Morgan fingerprint density at radius 1 is 1.39 bits per heavy atom. The summed E-state index contributed by atoms with van der Waals surface area (Å²) < 4.78 is 19.3. The van der Waals surface area contributed by atoms with E-state index < -0.39 is 11.9 Å². The van der Waals surface area contributed by atoms with Crippen LogP contribution in [-0.4, -0.2) is 36.0 Å². The van der Waals surface area contributed by atoms with Crippen molar-refractivity contribution in [2.24, 2.45) is 17.6 Å². The van der Waals surface area contributed by atoms with Crippen LogP contribution in [0.1, 0.15) is 26.2 Å². The number of carbonyl (C=O) groups excluding carboxylic acids is 1. The summed E-state index contributed by atoms with van der Waals surface area (Å²) in [7, 11) is 0. The van der Waals surface area contributed by atoms with Crippen LogP contribution in [0.3, 0.4) is 0 Å². The molecule has 1 saturated carbocycles. The van der Waals surface area contributed by atoms with Gasteiger partial charge >= 0.3 is 0 Å². The Kier molecular flexibility index (Phi) is 5.87. The highest BCUT2D eigenvalue weighted by molar-refractivity contribution is 5.85. The topological polar surface area (TPSA) is 55.6 Å². The molecule has 2 N–H and O–H groups in total. The van der Waals surface area contributed by atoms with Gasteiger partial charge < -0.3 is 15.4 Å². The van der Waals surface area contributed by atoms with Crippen molar-refractivity contribution in [2.45, 2.75) is 38.3 Å². The molecular formula is C17H24ClFN2O2. The summed E-state index contributed by atoms with van der Waals surface area (Å²) in [6.07, 6.45) is 2.04. The van der Waals surface area contributed by atoms with E-state index >= 15 is 0 Å². The zero-order chi connectivity index (χ0) is 15.7. The first-order valence-electron chi connectivity index (χ1n) is 8.05. The lowest BCUT2D eigenvalue weighted by Gasteiger charge is -2.24. The van der Waals surface area contributed by atoms with E-state index in [-0.39, 0.29) is 30.1 Å². The van der Waals surface area contributed by atoms with Gasteiger partial charge in [-0.25, -0.2) is 4.39 Å². The molecule has 4 atom stereocenters. The lowest BCUT2D eigenvalue weighted by molar-refractivity contribution is -0.138. The van der Waals surface area contributed by atoms with E-state index in [1.165, 1.54) is 6.07 Å². The van der Waals surface area contributed by atoms with Gasteiger partial charge in [0.15, 0.2) is 17.7 Å². The molecule has 0 radical (unpaired) electrons. The van der Waals surface area contributed by atoms with Crippen molar-refractivity contribution in [1.29, 1.82) is 0 Å². The van der Waals surface area contributed by atoms with Crippen molar-refractivity contribution >= 4 is 18.3 Å². The summed E-state index contributed by atoms with van der Waals surface area (Å²) in [5, 5.41) is 0. The van der Waals surface area contributed by atoms with Crippen molar-refractivity contribution in [3.8, 4) is 5.75 Å². The van der Waals surface area contributed by atoms with Crippen molar-refractivity contribution in [1.82, 2.24) is 4.90 Å². The van der Waals surface area contributed by atoms with Gasteiger partial charge in [0.25, 0.3) is 5.91 Å². The molecule has 0 aromatic heterocycles. The van der Waals surface area contributed by atoms with Crippen LogP contribution in [0.4, 0.5) is 4.39 Å². The zero-order valence-electron chi connectivity index (χ0n) is 13.3. The van der Waals surface area contributed by atoms with E-state index in [0.717, 1.165) is 19.4 Å². The quantitative estimate of drug-likeness (QED) is 0.915. The van der Waals surface area contributed by atoms with E-state index in [4.69, 9.17) is 10.5 Å². The molecule has 1 amide bonds. The van der Waals surface area contributed by atoms with Gasteiger partial charge in [-0.3, -0.25) is 4.79 Å². The predicted octanol–water partition coefficient (Wildman–Crippen LogP) is 2.60. The van der Waals surface area contributed by atoms with Gasteiger partial charge in [0.2, 0.25) is 0 Å². The van der Waals surface area contributed by atoms with Gasteiger partial charge in [-0.15, -0.1) is 12.4 Å². The zero-order valence-corrected chi connectivity index (χ0v) is 14.1. The number of rotatable bonds is 4. The van der Waals surface area contributed by atoms with Crippen molar-refractivity contribution in [2.75, 3.05) is 13.1 Å². The van der Waals surface area contributed by atoms with Crippen LogP contribution >= 0.6 is 12.4 Å². The van der Waals surface area contributed by atoms with Crippen molar-refractivity contribution in [3.05, 3.63) is 30.1 Å². The molecule has 1 aromatic rings. The number of halogens is 2. The molecule has 1 aliphatic carbocycles. The Bertz CT molecular complexity index is 557. The van der Waals surface area contributed by atoms with Gasteiger partial charge in [-0.2, -0.15) is 0 Å². The van der Waals surface area contributed by atoms with Crippen LogP contribution in [0.2, 0.25) is 0 Å². The van der Waals surface area contributed by atoms with Gasteiger partial charge in [-0.1, -0.05) is 19.1 Å². The Hall–Kier alpha value is -1.33. The smallest absolute Gasteiger partial charge is 0.263 e. The fourth-order valence-electron chi connectivity index (χ4n) is 3.69. The molecule has 1 aliphatic heterocycles. The Morgan fingerprint density at radius 2 is 2.13 bits per heavy atom. The number of nitrogens with zero attached hydrogens (tertiary/aromatic N) is 1. The molecule has 4 unspecified atom stereocenters. The van der Waals surface area contributed by atoms with Crippen molar-refractivity contribution in [3.63, 3.8) is 0 Å². The van der Waals surface area contributed by atoms with Gasteiger partial charge in [0.1, 0.15) is 0 Å². The van der Waals surface area contributed by atoms with Crippen LogP contribution in [0.15, 0.2) is 24.3 Å². The molecule has 4 nitrogen and oxygen atoms in total. The SMILES string of the molecule is CCC(Oc1ccccc1F)C(=O)N1CC2CCC(N)C2C1.Cl. The van der Waals surface area contributed by atoms with E-state index in [1.54, 1.807) is 18.2 Å². The maximum Gasteiger partial charge on any atom is 0.263 e. The minimum Gasteiger partial charge on any atom is -0.478 e. The molecule has 2 fully saturated rings. The third-order valence-corrected chi connectivity index (χ3v) is 4.98. The standard InChI is InChI=1S/C17H23FN2O2.ClH/c1-2-15(22-16-6-4-3-5-13(16)18)17(21)20-9-11-7-8-14(19)12(11)10-20;/h3-6,11-12,14-15H,2,7-10,19H2,1H3;1H. The number of amides is 1. The Balaban J connectivity index is 0.00000192. The maximum atomic E-state index is 13.7. The predicted molar refractivity (Wildman–Crippen MR) is 89.1 cm³/mol. The second-order valence-electron chi connectivity index (χ2n) is 6.35. The lowest BCUT2D eigenvalue weighted by atomic mass is 9.98. The highest BCUT2D eigenvalue weighted by atomic mass is 35.5. The number of para-hydroxylation sites is 1. The summed E-state index contributed by atoms with van der Waals surface area (Å²) in [4.78, 5) is 14.5. The van der Waals surface area contributed by atoms with E-state index in [9.17, 15) is 9.18 Å². The first-order chi connectivity index (χ1) is 10.6. The molecule has 23 heavy (non-hydrogen) atoms. The number of nitrogens with two attached hydrogens (primary N) is 1. The number of fused-ring (bicyclic) bond motifs is 1.